The number of aromatic nitrogens is 4. The number of benzene rings is 2. The number of rotatable bonds is 3. The van der Waals surface area contributed by atoms with Gasteiger partial charge in [-0.15, -0.1) is 5.10 Å². The summed E-state index contributed by atoms with van der Waals surface area (Å²) in [7, 11) is 0. The molecule has 0 aliphatic rings. The fourth-order valence-electron chi connectivity index (χ4n) is 2.71. The first-order valence-corrected chi connectivity index (χ1v) is 9.32. The van der Waals surface area contributed by atoms with Crippen LogP contribution in [0.1, 0.15) is 5.69 Å². The minimum Gasteiger partial charge on any atom is -0.505 e. The number of fused-ring (bicyclic) bond motifs is 1. The van der Waals surface area contributed by atoms with Crippen molar-refractivity contribution in [1.82, 2.24) is 20.0 Å². The molecule has 0 spiro atoms. The van der Waals surface area contributed by atoms with Crippen LogP contribution in [0.15, 0.2) is 51.5 Å². The molecule has 2 heterocycles. The summed E-state index contributed by atoms with van der Waals surface area (Å²) in [6.07, 6.45) is 1.58. The lowest BCUT2D eigenvalue weighted by Crippen LogP contribution is -2.02. The molecule has 136 valence electrons. The topological polar surface area (TPSA) is 63.8 Å². The second-order valence-electron chi connectivity index (χ2n) is 5.85. The van der Waals surface area contributed by atoms with E-state index in [9.17, 15) is 13.9 Å². The predicted molar refractivity (Wildman–Crippen MR) is 103 cm³/mol. The van der Waals surface area contributed by atoms with E-state index < -0.39 is 11.6 Å². The second-order valence-corrected chi connectivity index (χ2v) is 7.56. The summed E-state index contributed by atoms with van der Waals surface area (Å²) in [6.45, 7) is 0.282. The van der Waals surface area contributed by atoms with Crippen LogP contribution in [-0.2, 0) is 6.54 Å². The van der Waals surface area contributed by atoms with E-state index in [2.05, 4.69) is 47.2 Å². The van der Waals surface area contributed by atoms with Crippen molar-refractivity contribution >= 4 is 42.8 Å². The van der Waals surface area contributed by atoms with Crippen LogP contribution in [0.5, 0.6) is 5.75 Å². The maximum atomic E-state index is 13.4. The highest BCUT2D eigenvalue weighted by Gasteiger charge is 2.12. The van der Waals surface area contributed by atoms with E-state index >= 15 is 0 Å². The Bertz CT molecular complexity index is 1160. The molecule has 4 rings (SSSR count). The normalized spacial score (nSPS) is 11.3. The van der Waals surface area contributed by atoms with Gasteiger partial charge >= 0.3 is 0 Å². The number of aromatic hydroxyl groups is 1. The Morgan fingerprint density at radius 1 is 1.00 bits per heavy atom. The zero-order valence-corrected chi connectivity index (χ0v) is 16.7. The summed E-state index contributed by atoms with van der Waals surface area (Å²) in [5, 5.41) is 19.0. The Labute approximate surface area is 168 Å². The summed E-state index contributed by atoms with van der Waals surface area (Å²) in [4.78, 5) is 4.48. The largest absolute Gasteiger partial charge is 0.505 e. The van der Waals surface area contributed by atoms with Crippen LogP contribution >= 0.6 is 31.9 Å². The summed E-state index contributed by atoms with van der Waals surface area (Å²) in [5.41, 5.74) is 1.74. The molecule has 9 heteroatoms. The fraction of sp³-hybridized carbons (Fsp3) is 0.0556. The van der Waals surface area contributed by atoms with Gasteiger partial charge in [0, 0.05) is 21.5 Å². The minimum atomic E-state index is -0.678. The van der Waals surface area contributed by atoms with Gasteiger partial charge in [-0.25, -0.2) is 18.4 Å². The molecule has 0 bridgehead atoms. The number of phenolic OH excluding ortho intramolecular Hbond substituents is 1. The first kappa shape index (κ1) is 18.0. The van der Waals surface area contributed by atoms with Gasteiger partial charge in [0.15, 0.2) is 5.75 Å². The van der Waals surface area contributed by atoms with Crippen LogP contribution in [0.3, 0.4) is 0 Å². The quantitative estimate of drug-likeness (QED) is 0.432. The average Bonchev–Trinajstić information content (AvgIpc) is 3.07. The Balaban J connectivity index is 1.67. The molecule has 0 aliphatic carbocycles. The number of nitrogens with zero attached hydrogens (tertiary/aromatic N) is 4. The highest BCUT2D eigenvalue weighted by Crippen LogP contribution is 2.36. The van der Waals surface area contributed by atoms with Gasteiger partial charge in [-0.2, -0.15) is 0 Å². The molecule has 0 saturated carbocycles. The van der Waals surface area contributed by atoms with E-state index in [0.29, 0.717) is 26.9 Å². The molecule has 0 atom stereocenters. The lowest BCUT2D eigenvalue weighted by atomic mass is 10.1. The van der Waals surface area contributed by atoms with E-state index in [4.69, 9.17) is 0 Å². The molecule has 2 aromatic heterocycles. The monoisotopic (exact) mass is 494 g/mol. The lowest BCUT2D eigenvalue weighted by molar-refractivity contribution is 0.476. The third-order valence-electron chi connectivity index (χ3n) is 3.94. The maximum absolute atomic E-state index is 13.4. The second kappa shape index (κ2) is 6.97. The van der Waals surface area contributed by atoms with Gasteiger partial charge in [0.1, 0.15) is 22.8 Å². The smallest absolute Gasteiger partial charge is 0.156 e. The zero-order chi connectivity index (χ0) is 19.1. The van der Waals surface area contributed by atoms with Crippen molar-refractivity contribution in [2.75, 3.05) is 0 Å². The first-order chi connectivity index (χ1) is 12.9. The van der Waals surface area contributed by atoms with Crippen LogP contribution in [-0.4, -0.2) is 25.1 Å². The Morgan fingerprint density at radius 3 is 2.48 bits per heavy atom. The minimum absolute atomic E-state index is 0.0459. The Hall–Kier alpha value is -2.39. The van der Waals surface area contributed by atoms with Crippen molar-refractivity contribution in [1.29, 1.82) is 0 Å². The van der Waals surface area contributed by atoms with Gasteiger partial charge in [0.25, 0.3) is 0 Å². The van der Waals surface area contributed by atoms with E-state index in [-0.39, 0.29) is 12.3 Å². The summed E-state index contributed by atoms with van der Waals surface area (Å²) in [6, 6.07) is 8.59. The molecule has 0 amide bonds. The summed E-state index contributed by atoms with van der Waals surface area (Å²) in [5.74, 6) is -1.31. The fourth-order valence-corrected chi connectivity index (χ4v) is 3.98. The molecule has 5 nitrogen and oxygen atoms in total. The van der Waals surface area contributed by atoms with Gasteiger partial charge < -0.3 is 5.11 Å². The van der Waals surface area contributed by atoms with Crippen molar-refractivity contribution in [2.45, 2.75) is 6.54 Å². The molecular weight excluding hydrogens is 486 g/mol. The predicted octanol–water partition coefficient (Wildman–Crippen LogP) is 5.05. The van der Waals surface area contributed by atoms with Gasteiger partial charge in [0.05, 0.1) is 22.9 Å². The third kappa shape index (κ3) is 3.57. The number of phenols is 1. The number of pyridine rings is 1. The molecule has 0 aliphatic heterocycles. The molecule has 0 fully saturated rings. The highest BCUT2D eigenvalue weighted by atomic mass is 79.9. The Kier molecular flexibility index (Phi) is 4.65. The lowest BCUT2D eigenvalue weighted by Gasteiger charge is -2.07. The van der Waals surface area contributed by atoms with Crippen molar-refractivity contribution in [3.05, 3.63) is 68.9 Å². The van der Waals surface area contributed by atoms with Crippen molar-refractivity contribution in [2.24, 2.45) is 0 Å². The zero-order valence-electron chi connectivity index (χ0n) is 13.5. The molecule has 2 aromatic carbocycles. The highest BCUT2D eigenvalue weighted by molar-refractivity contribution is 9.11. The number of hydrogen-bond acceptors (Lipinski definition) is 4. The van der Waals surface area contributed by atoms with Gasteiger partial charge in [-0.3, -0.25) is 0 Å². The summed E-state index contributed by atoms with van der Waals surface area (Å²) < 4.78 is 29.6. The SMILES string of the molecule is Oc1c(Br)cc(Br)c2ccc(Cn3cc(-c4cc(F)cc(F)c4)nn3)nc12. The van der Waals surface area contributed by atoms with Crippen molar-refractivity contribution in [3.8, 4) is 17.0 Å². The van der Waals surface area contributed by atoms with Gasteiger partial charge in [-0.1, -0.05) is 21.1 Å². The third-order valence-corrected chi connectivity index (χ3v) is 5.20. The van der Waals surface area contributed by atoms with Gasteiger partial charge in [-0.05, 0) is 46.3 Å². The number of halogens is 4. The van der Waals surface area contributed by atoms with Crippen LogP contribution in [0.2, 0.25) is 0 Å². The molecule has 0 saturated heterocycles. The van der Waals surface area contributed by atoms with E-state index in [0.717, 1.165) is 15.9 Å². The van der Waals surface area contributed by atoms with E-state index in [1.165, 1.54) is 16.8 Å². The molecule has 0 unspecified atom stereocenters. The van der Waals surface area contributed by atoms with Crippen LogP contribution < -0.4 is 0 Å². The summed E-state index contributed by atoms with van der Waals surface area (Å²) >= 11 is 6.73. The average molecular weight is 496 g/mol. The molecular formula is C18H10Br2F2N4O. The van der Waals surface area contributed by atoms with Crippen LogP contribution in [0, 0.1) is 11.6 Å². The van der Waals surface area contributed by atoms with E-state index in [1.54, 1.807) is 12.3 Å². The standard InChI is InChI=1S/C18H10Br2F2N4O/c19-14-6-15(20)18(27)17-13(14)2-1-12(23-17)7-26-8-16(24-25-26)9-3-10(21)5-11(22)4-9/h1-6,8,27H,7H2. The molecule has 1 N–H and O–H groups in total. The van der Waals surface area contributed by atoms with Crippen LogP contribution in [0.4, 0.5) is 8.78 Å². The molecule has 4 aromatic rings. The van der Waals surface area contributed by atoms with Crippen LogP contribution in [0.25, 0.3) is 22.2 Å². The molecule has 0 radical (unpaired) electrons. The van der Waals surface area contributed by atoms with Crippen molar-refractivity contribution < 1.29 is 13.9 Å². The van der Waals surface area contributed by atoms with Crippen molar-refractivity contribution in [3.63, 3.8) is 0 Å². The van der Waals surface area contributed by atoms with Gasteiger partial charge in [0.2, 0.25) is 0 Å². The van der Waals surface area contributed by atoms with E-state index in [1.807, 2.05) is 12.1 Å². The Morgan fingerprint density at radius 2 is 1.74 bits per heavy atom. The number of hydrogen-bond donors (Lipinski definition) is 1. The maximum Gasteiger partial charge on any atom is 0.156 e. The first-order valence-electron chi connectivity index (χ1n) is 7.74. The molecule has 27 heavy (non-hydrogen) atoms.